The van der Waals surface area contributed by atoms with Gasteiger partial charge in [-0.05, 0) is 25.2 Å². The van der Waals surface area contributed by atoms with Gasteiger partial charge in [-0.25, -0.2) is 0 Å². The molecule has 2 heteroatoms. The van der Waals surface area contributed by atoms with E-state index in [2.05, 4.69) is 12.1 Å². The van der Waals surface area contributed by atoms with Crippen LogP contribution in [0, 0.1) is 5.92 Å². The van der Waals surface area contributed by atoms with Crippen LogP contribution >= 0.6 is 0 Å². The maximum atomic E-state index is 8.45. The summed E-state index contributed by atoms with van der Waals surface area (Å²) in [5.74, 6) is 0.517. The van der Waals surface area contributed by atoms with E-state index >= 15 is 0 Å². The molecule has 0 amide bonds. The third-order valence-corrected chi connectivity index (χ3v) is 2.02. The minimum Gasteiger partial charge on any atom is -0.411 e. The Morgan fingerprint density at radius 2 is 2.33 bits per heavy atom. The highest BCUT2D eigenvalue weighted by molar-refractivity contribution is 5.86. The summed E-state index contributed by atoms with van der Waals surface area (Å²) in [6.07, 6.45) is 4.68. The lowest BCUT2D eigenvalue weighted by Crippen LogP contribution is -2.15. The van der Waals surface area contributed by atoms with Crippen LogP contribution in [0.3, 0.4) is 0 Å². The summed E-state index contributed by atoms with van der Waals surface area (Å²) in [7, 11) is 0. The maximum Gasteiger partial charge on any atom is 0.0598 e. The van der Waals surface area contributed by atoms with Crippen molar-refractivity contribution in [3.05, 3.63) is 0 Å². The zero-order chi connectivity index (χ0) is 6.69. The molecule has 0 aromatic rings. The molecule has 1 saturated carbocycles. The van der Waals surface area contributed by atoms with Crippen molar-refractivity contribution in [3.63, 3.8) is 0 Å². The first-order valence-electron chi connectivity index (χ1n) is 3.55. The van der Waals surface area contributed by atoms with Gasteiger partial charge in [0.25, 0.3) is 0 Å². The average Bonchev–Trinajstić information content (AvgIpc) is 1.89. The van der Waals surface area contributed by atoms with E-state index in [1.54, 1.807) is 0 Å². The molecule has 1 fully saturated rings. The second-order valence-electron chi connectivity index (χ2n) is 2.74. The summed E-state index contributed by atoms with van der Waals surface area (Å²) >= 11 is 0. The van der Waals surface area contributed by atoms with E-state index in [4.69, 9.17) is 5.21 Å². The lowest BCUT2D eigenvalue weighted by atomic mass is 9.89. The van der Waals surface area contributed by atoms with Crippen LogP contribution in [-0.4, -0.2) is 10.9 Å². The molecular weight excluding hydrogens is 114 g/mol. The average molecular weight is 127 g/mol. The van der Waals surface area contributed by atoms with Gasteiger partial charge in [-0.2, -0.15) is 0 Å². The quantitative estimate of drug-likeness (QED) is 0.392. The van der Waals surface area contributed by atoms with Gasteiger partial charge in [-0.3, -0.25) is 0 Å². The van der Waals surface area contributed by atoms with Crippen molar-refractivity contribution in [3.8, 4) is 0 Å². The predicted octanol–water partition coefficient (Wildman–Crippen LogP) is 2.03. The highest BCUT2D eigenvalue weighted by atomic mass is 16.4. The van der Waals surface area contributed by atoms with Gasteiger partial charge in [0.15, 0.2) is 0 Å². The van der Waals surface area contributed by atoms with Crippen molar-refractivity contribution in [2.24, 2.45) is 11.1 Å². The highest BCUT2D eigenvalue weighted by Crippen LogP contribution is 2.20. The van der Waals surface area contributed by atoms with E-state index in [-0.39, 0.29) is 0 Å². The first-order chi connectivity index (χ1) is 4.34. The first kappa shape index (κ1) is 6.59. The fraction of sp³-hybridized carbons (Fsp3) is 0.857. The van der Waals surface area contributed by atoms with E-state index in [0.29, 0.717) is 5.92 Å². The van der Waals surface area contributed by atoms with Gasteiger partial charge in [-0.15, -0.1) is 0 Å². The number of rotatable bonds is 0. The van der Waals surface area contributed by atoms with Crippen LogP contribution in [0.4, 0.5) is 0 Å². The number of hydrogen-bond donors (Lipinski definition) is 1. The summed E-state index contributed by atoms with van der Waals surface area (Å²) in [4.78, 5) is 0. The minimum absolute atomic E-state index is 0.517. The summed E-state index contributed by atoms with van der Waals surface area (Å²) in [5.41, 5.74) is 0.987. The summed E-state index contributed by atoms with van der Waals surface area (Å²) < 4.78 is 0. The molecule has 0 heterocycles. The molecule has 1 aliphatic carbocycles. The fourth-order valence-corrected chi connectivity index (χ4v) is 1.32. The number of nitrogens with zero attached hydrogens (tertiary/aromatic N) is 1. The standard InChI is InChI=1S/C7H13NO/c1-6-4-2-3-5-7(6)8-9/h6,9H,2-5H2,1H3/b8-7-/t6-/m1/s1. The molecule has 0 bridgehead atoms. The van der Waals surface area contributed by atoms with Crippen LogP contribution in [0.2, 0.25) is 0 Å². The minimum atomic E-state index is 0.517. The van der Waals surface area contributed by atoms with Crippen molar-refractivity contribution in [2.75, 3.05) is 0 Å². The third-order valence-electron chi connectivity index (χ3n) is 2.02. The molecule has 0 radical (unpaired) electrons. The molecule has 1 atom stereocenters. The van der Waals surface area contributed by atoms with E-state index < -0.39 is 0 Å². The molecule has 1 rings (SSSR count). The van der Waals surface area contributed by atoms with E-state index in [1.165, 1.54) is 19.3 Å². The number of oxime groups is 1. The Kier molecular flexibility index (Phi) is 2.09. The van der Waals surface area contributed by atoms with Crippen molar-refractivity contribution < 1.29 is 5.21 Å². The Bertz CT molecular complexity index is 120. The smallest absolute Gasteiger partial charge is 0.0598 e. The fourth-order valence-electron chi connectivity index (χ4n) is 1.32. The molecule has 2 nitrogen and oxygen atoms in total. The largest absolute Gasteiger partial charge is 0.411 e. The van der Waals surface area contributed by atoms with Crippen LogP contribution in [-0.2, 0) is 0 Å². The summed E-state index contributed by atoms with van der Waals surface area (Å²) in [6.45, 7) is 2.12. The summed E-state index contributed by atoms with van der Waals surface area (Å²) in [5, 5.41) is 11.7. The third kappa shape index (κ3) is 1.44. The molecule has 0 spiro atoms. The molecule has 0 unspecified atom stereocenters. The van der Waals surface area contributed by atoms with Gasteiger partial charge in [0.05, 0.1) is 5.71 Å². The van der Waals surface area contributed by atoms with Crippen LogP contribution in [0.25, 0.3) is 0 Å². The second kappa shape index (κ2) is 2.85. The topological polar surface area (TPSA) is 32.6 Å². The molecule has 0 saturated heterocycles. The van der Waals surface area contributed by atoms with Crippen LogP contribution in [0.15, 0.2) is 5.16 Å². The summed E-state index contributed by atoms with van der Waals surface area (Å²) in [6, 6.07) is 0. The second-order valence-corrected chi connectivity index (χ2v) is 2.74. The maximum absolute atomic E-state index is 8.45. The van der Waals surface area contributed by atoms with Gasteiger partial charge in [-0.1, -0.05) is 18.5 Å². The highest BCUT2D eigenvalue weighted by Gasteiger charge is 2.15. The molecule has 1 aliphatic rings. The normalized spacial score (nSPS) is 33.0. The predicted molar refractivity (Wildman–Crippen MR) is 36.9 cm³/mol. The molecular formula is C7H13NO. The molecule has 0 aromatic heterocycles. The monoisotopic (exact) mass is 127 g/mol. The zero-order valence-corrected chi connectivity index (χ0v) is 5.80. The molecule has 0 aliphatic heterocycles. The molecule has 0 aromatic carbocycles. The molecule has 9 heavy (non-hydrogen) atoms. The van der Waals surface area contributed by atoms with Crippen molar-refractivity contribution >= 4 is 5.71 Å². The van der Waals surface area contributed by atoms with Gasteiger partial charge >= 0.3 is 0 Å². The van der Waals surface area contributed by atoms with Crippen LogP contribution in [0.1, 0.15) is 32.6 Å². The van der Waals surface area contributed by atoms with Gasteiger partial charge in [0.1, 0.15) is 0 Å². The lowest BCUT2D eigenvalue weighted by molar-refractivity contribution is 0.310. The van der Waals surface area contributed by atoms with Gasteiger partial charge in [0, 0.05) is 0 Å². The number of hydrogen-bond acceptors (Lipinski definition) is 2. The Hall–Kier alpha value is -0.530. The lowest BCUT2D eigenvalue weighted by Gasteiger charge is -2.17. The van der Waals surface area contributed by atoms with Crippen molar-refractivity contribution in [1.82, 2.24) is 0 Å². The Morgan fingerprint density at radius 3 is 2.78 bits per heavy atom. The van der Waals surface area contributed by atoms with Gasteiger partial charge in [0.2, 0.25) is 0 Å². The Morgan fingerprint density at radius 1 is 1.56 bits per heavy atom. The van der Waals surface area contributed by atoms with E-state index in [1.807, 2.05) is 0 Å². The van der Waals surface area contributed by atoms with E-state index in [9.17, 15) is 0 Å². The molecule has 52 valence electrons. The van der Waals surface area contributed by atoms with Crippen LogP contribution in [0.5, 0.6) is 0 Å². The van der Waals surface area contributed by atoms with Crippen LogP contribution < -0.4 is 0 Å². The Balaban J connectivity index is 2.49. The van der Waals surface area contributed by atoms with Crippen molar-refractivity contribution in [2.45, 2.75) is 32.6 Å². The van der Waals surface area contributed by atoms with Gasteiger partial charge < -0.3 is 5.21 Å². The van der Waals surface area contributed by atoms with E-state index in [0.717, 1.165) is 12.1 Å². The SMILES string of the molecule is C[C@@H]1CCCC/C1=N/O. The molecule has 1 N–H and O–H groups in total. The first-order valence-corrected chi connectivity index (χ1v) is 3.55. The Labute approximate surface area is 55.6 Å². The zero-order valence-electron chi connectivity index (χ0n) is 5.80. The van der Waals surface area contributed by atoms with Crippen molar-refractivity contribution in [1.29, 1.82) is 0 Å².